The van der Waals surface area contributed by atoms with Crippen LogP contribution in [0.3, 0.4) is 0 Å². The zero-order chi connectivity index (χ0) is 25.5. The summed E-state index contributed by atoms with van der Waals surface area (Å²) in [4.78, 5) is 63.3. The van der Waals surface area contributed by atoms with Crippen molar-refractivity contribution in [3.63, 3.8) is 0 Å². The Morgan fingerprint density at radius 1 is 1.00 bits per heavy atom. The highest BCUT2D eigenvalue weighted by atomic mass is 35.5. The van der Waals surface area contributed by atoms with Crippen LogP contribution in [0.1, 0.15) is 27.1 Å². The lowest BCUT2D eigenvalue weighted by Gasteiger charge is -2.34. The van der Waals surface area contributed by atoms with Gasteiger partial charge >= 0.3 is 18.0 Å². The summed E-state index contributed by atoms with van der Waals surface area (Å²) in [5.41, 5.74) is 0.586. The van der Waals surface area contributed by atoms with Crippen LogP contribution in [-0.2, 0) is 19.1 Å². The predicted octanol–water partition coefficient (Wildman–Crippen LogP) is 2.27. The summed E-state index contributed by atoms with van der Waals surface area (Å²) in [7, 11) is 2.35. The first kappa shape index (κ1) is 25.5. The Labute approximate surface area is 205 Å². The van der Waals surface area contributed by atoms with E-state index in [1.165, 1.54) is 37.3 Å². The van der Waals surface area contributed by atoms with E-state index in [1.54, 1.807) is 24.3 Å². The number of anilines is 2. The molecule has 3 N–H and O–H groups in total. The molecule has 1 heterocycles. The number of benzene rings is 2. The van der Waals surface area contributed by atoms with Gasteiger partial charge in [-0.1, -0.05) is 17.7 Å². The minimum Gasteiger partial charge on any atom is -0.465 e. The van der Waals surface area contributed by atoms with Gasteiger partial charge in [-0.2, -0.15) is 0 Å². The van der Waals surface area contributed by atoms with Crippen LogP contribution in [0.15, 0.2) is 42.5 Å². The molecule has 3 rings (SSSR count). The third-order valence-corrected chi connectivity index (χ3v) is 5.34. The fourth-order valence-corrected chi connectivity index (χ4v) is 3.67. The number of esters is 2. The number of halogens is 1. The molecule has 184 valence electrons. The molecule has 2 aromatic carbocycles. The molecule has 12 heteroatoms. The highest BCUT2D eigenvalue weighted by Gasteiger charge is 2.35. The van der Waals surface area contributed by atoms with Gasteiger partial charge in [0.25, 0.3) is 0 Å². The van der Waals surface area contributed by atoms with Crippen molar-refractivity contribution in [2.45, 2.75) is 12.5 Å². The number of amides is 4. The van der Waals surface area contributed by atoms with Gasteiger partial charge in [-0.15, -0.1) is 0 Å². The summed E-state index contributed by atoms with van der Waals surface area (Å²) in [6.07, 6.45) is -0.370. The van der Waals surface area contributed by atoms with Gasteiger partial charge in [0.15, 0.2) is 0 Å². The largest absolute Gasteiger partial charge is 0.465 e. The number of urea groups is 1. The molecule has 0 aromatic heterocycles. The number of carbonyl (C=O) groups is 5. The summed E-state index contributed by atoms with van der Waals surface area (Å²) in [6.45, 7) is 0.407. The van der Waals surface area contributed by atoms with Gasteiger partial charge < -0.3 is 30.3 Å². The summed E-state index contributed by atoms with van der Waals surface area (Å²) in [5, 5.41) is 8.29. The molecular weight excluding hydrogens is 480 g/mol. The van der Waals surface area contributed by atoms with E-state index in [9.17, 15) is 24.0 Å². The second-order valence-corrected chi connectivity index (χ2v) is 7.91. The molecule has 0 spiro atoms. The first-order valence-corrected chi connectivity index (χ1v) is 10.8. The van der Waals surface area contributed by atoms with Crippen molar-refractivity contribution in [2.75, 3.05) is 37.9 Å². The molecule has 0 saturated carbocycles. The molecule has 0 aliphatic carbocycles. The number of nitrogens with zero attached hydrogens (tertiary/aromatic N) is 1. The average molecular weight is 503 g/mol. The molecule has 0 radical (unpaired) electrons. The van der Waals surface area contributed by atoms with Crippen LogP contribution < -0.4 is 16.0 Å². The Kier molecular flexibility index (Phi) is 8.26. The third kappa shape index (κ3) is 6.48. The molecule has 0 bridgehead atoms. The summed E-state index contributed by atoms with van der Waals surface area (Å²) < 4.78 is 9.36. The van der Waals surface area contributed by atoms with E-state index >= 15 is 0 Å². The van der Waals surface area contributed by atoms with Crippen molar-refractivity contribution in [3.05, 3.63) is 58.6 Å². The second kappa shape index (κ2) is 11.3. The number of hydrogen-bond donors (Lipinski definition) is 3. The Morgan fingerprint density at radius 2 is 1.66 bits per heavy atom. The van der Waals surface area contributed by atoms with Crippen LogP contribution in [0.25, 0.3) is 0 Å². The normalized spacial score (nSPS) is 15.0. The minimum absolute atomic E-state index is 0.0173. The number of carbonyl (C=O) groups excluding carboxylic acids is 5. The third-order valence-electron chi connectivity index (χ3n) is 5.11. The molecule has 1 aliphatic rings. The molecular formula is C23H23ClN4O7. The van der Waals surface area contributed by atoms with Crippen molar-refractivity contribution < 1.29 is 33.4 Å². The second-order valence-electron chi connectivity index (χ2n) is 7.48. The van der Waals surface area contributed by atoms with Gasteiger partial charge in [0, 0.05) is 29.5 Å². The fraction of sp³-hybridized carbons (Fsp3) is 0.261. The number of nitrogens with one attached hydrogen (secondary N) is 3. The molecule has 11 nitrogen and oxygen atoms in total. The van der Waals surface area contributed by atoms with Crippen LogP contribution in [0.4, 0.5) is 16.2 Å². The van der Waals surface area contributed by atoms with E-state index in [4.69, 9.17) is 11.6 Å². The number of piperazine rings is 1. The van der Waals surface area contributed by atoms with Gasteiger partial charge in [0.1, 0.15) is 6.04 Å². The van der Waals surface area contributed by atoms with Crippen LogP contribution >= 0.6 is 11.6 Å². The standard InChI is InChI=1S/C23H23ClN4O7/c1-34-21(31)13-8-14(22(32)35-2)10-17(9-13)26-19(29)12-18-20(30)25-6-7-28(18)23(33)27-16-5-3-4-15(24)11-16/h3-5,8-11,18H,6-7,12H2,1-2H3,(H,25,30)(H,26,29)(H,27,33)/t18-/m1/s1. The van der Waals surface area contributed by atoms with Gasteiger partial charge in [-0.05, 0) is 36.4 Å². The van der Waals surface area contributed by atoms with E-state index < -0.39 is 35.8 Å². The van der Waals surface area contributed by atoms with E-state index in [-0.39, 0.29) is 36.3 Å². The summed E-state index contributed by atoms with van der Waals surface area (Å²) in [5.74, 6) is -2.56. The van der Waals surface area contributed by atoms with Crippen molar-refractivity contribution in [1.82, 2.24) is 10.2 Å². The average Bonchev–Trinajstić information content (AvgIpc) is 2.83. The number of ether oxygens (including phenoxy) is 2. The number of rotatable bonds is 6. The van der Waals surface area contributed by atoms with Crippen LogP contribution in [-0.4, -0.2) is 68.0 Å². The van der Waals surface area contributed by atoms with Crippen molar-refractivity contribution in [2.24, 2.45) is 0 Å². The van der Waals surface area contributed by atoms with Crippen LogP contribution in [0, 0.1) is 0 Å². The van der Waals surface area contributed by atoms with Crippen LogP contribution in [0.2, 0.25) is 5.02 Å². The Bertz CT molecular complexity index is 1140. The Hall–Kier alpha value is -4.12. The highest BCUT2D eigenvalue weighted by molar-refractivity contribution is 6.30. The van der Waals surface area contributed by atoms with Crippen molar-refractivity contribution in [3.8, 4) is 0 Å². The molecule has 2 aromatic rings. The zero-order valence-electron chi connectivity index (χ0n) is 18.9. The lowest BCUT2D eigenvalue weighted by atomic mass is 10.1. The maximum atomic E-state index is 12.8. The Balaban J connectivity index is 1.76. The summed E-state index contributed by atoms with van der Waals surface area (Å²) in [6, 6.07) is 8.76. The SMILES string of the molecule is COC(=O)c1cc(NC(=O)C[C@@H]2C(=O)NCCN2C(=O)Nc2cccc(Cl)c2)cc(C(=O)OC)c1. The van der Waals surface area contributed by atoms with E-state index in [0.29, 0.717) is 10.7 Å². The van der Waals surface area contributed by atoms with Crippen LogP contribution in [0.5, 0.6) is 0 Å². The van der Waals surface area contributed by atoms with Gasteiger partial charge in [0.2, 0.25) is 11.8 Å². The van der Waals surface area contributed by atoms with Crippen molar-refractivity contribution >= 4 is 52.8 Å². The lowest BCUT2D eigenvalue weighted by molar-refractivity contribution is -0.130. The maximum Gasteiger partial charge on any atom is 0.337 e. The monoisotopic (exact) mass is 502 g/mol. The Morgan fingerprint density at radius 3 is 2.26 bits per heavy atom. The molecule has 35 heavy (non-hydrogen) atoms. The van der Waals surface area contributed by atoms with Crippen molar-refractivity contribution in [1.29, 1.82) is 0 Å². The predicted molar refractivity (Wildman–Crippen MR) is 126 cm³/mol. The molecule has 4 amide bonds. The minimum atomic E-state index is -1.09. The van der Waals surface area contributed by atoms with Gasteiger partial charge in [-0.3, -0.25) is 9.59 Å². The quantitative estimate of drug-likeness (QED) is 0.514. The van der Waals surface area contributed by atoms with Gasteiger partial charge in [0.05, 0.1) is 31.8 Å². The lowest BCUT2D eigenvalue weighted by Crippen LogP contribution is -2.59. The first-order chi connectivity index (χ1) is 16.7. The molecule has 1 aliphatic heterocycles. The van der Waals surface area contributed by atoms with E-state index in [0.717, 1.165) is 0 Å². The molecule has 1 saturated heterocycles. The summed E-state index contributed by atoms with van der Waals surface area (Å²) >= 11 is 5.95. The topological polar surface area (TPSA) is 143 Å². The zero-order valence-corrected chi connectivity index (χ0v) is 19.7. The first-order valence-electron chi connectivity index (χ1n) is 10.4. The molecule has 1 atom stereocenters. The number of methoxy groups -OCH3 is 2. The van der Waals surface area contributed by atoms with Gasteiger partial charge in [-0.25, -0.2) is 14.4 Å². The van der Waals surface area contributed by atoms with E-state index in [2.05, 4.69) is 25.4 Å². The number of hydrogen-bond acceptors (Lipinski definition) is 7. The highest BCUT2D eigenvalue weighted by Crippen LogP contribution is 2.20. The van der Waals surface area contributed by atoms with E-state index in [1.807, 2.05) is 0 Å². The smallest absolute Gasteiger partial charge is 0.337 e. The molecule has 1 fully saturated rings. The maximum absolute atomic E-state index is 12.8. The molecule has 0 unspecified atom stereocenters. The fourth-order valence-electron chi connectivity index (χ4n) is 3.48.